The van der Waals surface area contributed by atoms with Crippen LogP contribution < -0.4 is 10.0 Å². The van der Waals surface area contributed by atoms with Gasteiger partial charge in [0.1, 0.15) is 0 Å². The Bertz CT molecular complexity index is 420. The summed E-state index contributed by atoms with van der Waals surface area (Å²) >= 11 is 1.36. The van der Waals surface area contributed by atoms with Crippen LogP contribution in [-0.2, 0) is 10.0 Å². The Labute approximate surface area is 100 Å². The van der Waals surface area contributed by atoms with E-state index in [1.807, 2.05) is 20.8 Å². The van der Waals surface area contributed by atoms with Gasteiger partial charge in [0.25, 0.3) is 0 Å². The zero-order chi connectivity index (χ0) is 12.2. The predicted molar refractivity (Wildman–Crippen MR) is 67.5 cm³/mol. The highest BCUT2D eigenvalue weighted by atomic mass is 32.2. The first-order valence-corrected chi connectivity index (χ1v) is 7.56. The smallest absolute Gasteiger partial charge is 0.235 e. The van der Waals surface area contributed by atoms with Crippen LogP contribution in [0.2, 0.25) is 0 Å². The van der Waals surface area contributed by atoms with Crippen LogP contribution in [0.5, 0.6) is 0 Å². The summed E-state index contributed by atoms with van der Waals surface area (Å²) < 4.78 is 25.7. The fourth-order valence-electron chi connectivity index (χ4n) is 1.08. The third kappa shape index (κ3) is 4.07. The molecule has 7 heteroatoms. The largest absolute Gasteiger partial charge is 0.316 e. The van der Waals surface area contributed by atoms with Crippen molar-refractivity contribution in [1.29, 1.82) is 0 Å². The molecular weight excluding hydrogens is 246 g/mol. The number of aromatic nitrogens is 1. The van der Waals surface area contributed by atoms with Gasteiger partial charge in [-0.1, -0.05) is 6.92 Å². The Kier molecular flexibility index (Phi) is 4.69. The minimum absolute atomic E-state index is 0.0680. The number of sulfonamides is 1. The molecule has 1 rings (SSSR count). The van der Waals surface area contributed by atoms with E-state index in [1.165, 1.54) is 11.3 Å². The summed E-state index contributed by atoms with van der Waals surface area (Å²) in [7, 11) is -3.27. The number of aryl methyl sites for hydroxylation is 2. The average Bonchev–Trinajstić information content (AvgIpc) is 2.44. The van der Waals surface area contributed by atoms with Gasteiger partial charge in [0.15, 0.2) is 5.13 Å². The Hall–Kier alpha value is -0.660. The van der Waals surface area contributed by atoms with Crippen LogP contribution in [0.1, 0.15) is 17.5 Å². The molecule has 16 heavy (non-hydrogen) atoms. The number of hydrogen-bond donors (Lipinski definition) is 2. The van der Waals surface area contributed by atoms with E-state index < -0.39 is 10.0 Å². The highest BCUT2D eigenvalue weighted by Crippen LogP contribution is 2.21. The molecule has 0 aliphatic rings. The highest BCUT2D eigenvalue weighted by molar-refractivity contribution is 7.92. The Morgan fingerprint density at radius 1 is 1.38 bits per heavy atom. The van der Waals surface area contributed by atoms with Gasteiger partial charge >= 0.3 is 0 Å². The van der Waals surface area contributed by atoms with Crippen LogP contribution in [0.25, 0.3) is 0 Å². The van der Waals surface area contributed by atoms with E-state index in [1.54, 1.807) is 0 Å². The summed E-state index contributed by atoms with van der Waals surface area (Å²) in [6, 6.07) is 0. The molecule has 1 aromatic rings. The van der Waals surface area contributed by atoms with Crippen LogP contribution in [0.4, 0.5) is 5.13 Å². The minimum Gasteiger partial charge on any atom is -0.316 e. The second-order valence-electron chi connectivity index (χ2n) is 3.44. The van der Waals surface area contributed by atoms with E-state index in [0.29, 0.717) is 11.7 Å². The third-order valence-electron chi connectivity index (χ3n) is 2.07. The zero-order valence-corrected chi connectivity index (χ0v) is 11.3. The van der Waals surface area contributed by atoms with Crippen LogP contribution in [0.3, 0.4) is 0 Å². The Morgan fingerprint density at radius 2 is 2.06 bits per heavy atom. The standard InChI is InChI=1S/C9H17N3O2S2/c1-4-10-5-6-16(13,14)12-9-11-7(2)8(3)15-9/h10H,4-6H2,1-3H3,(H,11,12). The maximum absolute atomic E-state index is 11.6. The van der Waals surface area contributed by atoms with Gasteiger partial charge in [0, 0.05) is 11.4 Å². The summed E-state index contributed by atoms with van der Waals surface area (Å²) in [5, 5.41) is 3.42. The van der Waals surface area contributed by atoms with Gasteiger partial charge in [-0.05, 0) is 20.4 Å². The van der Waals surface area contributed by atoms with Crippen molar-refractivity contribution in [2.75, 3.05) is 23.6 Å². The molecule has 0 fully saturated rings. The Balaban J connectivity index is 2.58. The van der Waals surface area contributed by atoms with E-state index >= 15 is 0 Å². The van der Waals surface area contributed by atoms with Crippen LogP contribution >= 0.6 is 11.3 Å². The van der Waals surface area contributed by atoms with E-state index in [-0.39, 0.29) is 5.75 Å². The molecule has 0 saturated heterocycles. The SMILES string of the molecule is CCNCCS(=O)(=O)Nc1nc(C)c(C)s1. The van der Waals surface area contributed by atoms with E-state index in [2.05, 4.69) is 15.0 Å². The molecule has 1 aromatic heterocycles. The second kappa shape index (κ2) is 5.60. The van der Waals surface area contributed by atoms with Crippen molar-refractivity contribution in [3.8, 4) is 0 Å². The van der Waals surface area contributed by atoms with E-state index in [0.717, 1.165) is 17.1 Å². The Morgan fingerprint density at radius 3 is 2.56 bits per heavy atom. The maximum atomic E-state index is 11.6. The molecule has 0 bridgehead atoms. The molecule has 0 amide bonds. The summed E-state index contributed by atoms with van der Waals surface area (Å²) in [6.45, 7) is 6.94. The molecule has 0 aromatic carbocycles. The first-order chi connectivity index (χ1) is 7.44. The average molecular weight is 263 g/mol. The summed E-state index contributed by atoms with van der Waals surface area (Å²) in [6.07, 6.45) is 0. The molecule has 0 aliphatic heterocycles. The van der Waals surface area contributed by atoms with Crippen molar-refractivity contribution in [3.05, 3.63) is 10.6 Å². The van der Waals surface area contributed by atoms with Gasteiger partial charge < -0.3 is 5.32 Å². The highest BCUT2D eigenvalue weighted by Gasteiger charge is 2.12. The number of nitrogens with one attached hydrogen (secondary N) is 2. The maximum Gasteiger partial charge on any atom is 0.235 e. The van der Waals surface area contributed by atoms with Crippen LogP contribution in [0, 0.1) is 13.8 Å². The van der Waals surface area contributed by atoms with Gasteiger partial charge in [-0.25, -0.2) is 13.4 Å². The minimum atomic E-state index is -3.27. The first-order valence-electron chi connectivity index (χ1n) is 5.10. The second-order valence-corrected chi connectivity index (χ2v) is 6.48. The van der Waals surface area contributed by atoms with Gasteiger partial charge in [0.2, 0.25) is 10.0 Å². The predicted octanol–water partition coefficient (Wildman–Crippen LogP) is 1.11. The molecule has 92 valence electrons. The topological polar surface area (TPSA) is 71.1 Å². The van der Waals surface area contributed by atoms with Crippen molar-refractivity contribution in [3.63, 3.8) is 0 Å². The number of hydrogen-bond acceptors (Lipinski definition) is 5. The molecule has 1 heterocycles. The summed E-state index contributed by atoms with van der Waals surface area (Å²) in [5.41, 5.74) is 0.870. The van der Waals surface area contributed by atoms with Crippen molar-refractivity contribution < 1.29 is 8.42 Å². The molecular formula is C9H17N3O2S2. The van der Waals surface area contributed by atoms with Crippen molar-refractivity contribution in [2.45, 2.75) is 20.8 Å². The monoisotopic (exact) mass is 263 g/mol. The van der Waals surface area contributed by atoms with Gasteiger partial charge in [0.05, 0.1) is 11.4 Å². The number of nitrogens with zero attached hydrogens (tertiary/aromatic N) is 1. The van der Waals surface area contributed by atoms with Gasteiger partial charge in [-0.15, -0.1) is 11.3 Å². The lowest BCUT2D eigenvalue weighted by atomic mass is 10.4. The molecule has 0 atom stereocenters. The summed E-state index contributed by atoms with van der Waals surface area (Å²) in [4.78, 5) is 5.16. The van der Waals surface area contributed by atoms with E-state index in [9.17, 15) is 8.42 Å². The molecule has 0 spiro atoms. The fourth-order valence-corrected chi connectivity index (χ4v) is 3.12. The molecule has 0 aliphatic carbocycles. The lowest BCUT2D eigenvalue weighted by molar-refractivity contribution is 0.597. The number of anilines is 1. The fraction of sp³-hybridized carbons (Fsp3) is 0.667. The van der Waals surface area contributed by atoms with E-state index in [4.69, 9.17) is 0 Å². The summed E-state index contributed by atoms with van der Waals surface area (Å²) in [5.74, 6) is 0.0680. The molecule has 0 unspecified atom stereocenters. The van der Waals surface area contributed by atoms with Crippen molar-refractivity contribution >= 4 is 26.5 Å². The lowest BCUT2D eigenvalue weighted by Gasteiger charge is -2.04. The number of thiazole rings is 1. The van der Waals surface area contributed by atoms with Gasteiger partial charge in [-0.2, -0.15) is 0 Å². The van der Waals surface area contributed by atoms with Crippen LogP contribution in [0.15, 0.2) is 0 Å². The molecule has 2 N–H and O–H groups in total. The van der Waals surface area contributed by atoms with Crippen LogP contribution in [-0.4, -0.2) is 32.2 Å². The molecule has 5 nitrogen and oxygen atoms in total. The first kappa shape index (κ1) is 13.4. The lowest BCUT2D eigenvalue weighted by Crippen LogP contribution is -2.26. The third-order valence-corrected chi connectivity index (χ3v) is 4.43. The quantitative estimate of drug-likeness (QED) is 0.754. The number of rotatable bonds is 6. The van der Waals surface area contributed by atoms with Crippen molar-refractivity contribution in [1.82, 2.24) is 10.3 Å². The normalized spacial score (nSPS) is 11.7. The zero-order valence-electron chi connectivity index (χ0n) is 9.70. The molecule has 0 radical (unpaired) electrons. The molecule has 0 saturated carbocycles. The van der Waals surface area contributed by atoms with Crippen molar-refractivity contribution in [2.24, 2.45) is 0 Å². The van der Waals surface area contributed by atoms with Gasteiger partial charge in [-0.3, -0.25) is 4.72 Å².